The molecule has 0 radical (unpaired) electrons. The van der Waals surface area contributed by atoms with Gasteiger partial charge in [-0.1, -0.05) is 25.4 Å². The second-order valence-electron chi connectivity index (χ2n) is 6.10. The van der Waals surface area contributed by atoms with Gasteiger partial charge in [0.15, 0.2) is 5.82 Å². The number of likely N-dealkylation sites (tertiary alicyclic amines) is 1. The van der Waals surface area contributed by atoms with Crippen molar-refractivity contribution in [2.45, 2.75) is 65.1 Å². The highest BCUT2D eigenvalue weighted by Crippen LogP contribution is 2.21. The van der Waals surface area contributed by atoms with E-state index in [9.17, 15) is 0 Å². The first kappa shape index (κ1) is 17.4. The van der Waals surface area contributed by atoms with Gasteiger partial charge in [0, 0.05) is 18.5 Å². The molecule has 6 heteroatoms. The van der Waals surface area contributed by atoms with Gasteiger partial charge >= 0.3 is 0 Å². The molecule has 2 atom stereocenters. The van der Waals surface area contributed by atoms with Gasteiger partial charge in [0.05, 0.1) is 6.54 Å². The van der Waals surface area contributed by atoms with Crippen molar-refractivity contribution in [3.8, 4) is 0 Å². The average molecular weight is 303 g/mol. The SMILES string of the molecule is CC(C)Cc1noc(CN2CCCCC2C(C)N)n1.Cl. The largest absolute Gasteiger partial charge is 0.338 e. The van der Waals surface area contributed by atoms with Crippen molar-refractivity contribution < 1.29 is 4.52 Å². The quantitative estimate of drug-likeness (QED) is 0.904. The second-order valence-corrected chi connectivity index (χ2v) is 6.10. The Morgan fingerprint density at radius 1 is 1.35 bits per heavy atom. The highest BCUT2D eigenvalue weighted by molar-refractivity contribution is 5.85. The van der Waals surface area contributed by atoms with E-state index in [1.807, 2.05) is 0 Å². The van der Waals surface area contributed by atoms with Crippen LogP contribution in [0.1, 0.15) is 51.7 Å². The predicted octanol–water partition coefficient (Wildman–Crippen LogP) is 2.39. The summed E-state index contributed by atoms with van der Waals surface area (Å²) >= 11 is 0. The summed E-state index contributed by atoms with van der Waals surface area (Å²) in [5.41, 5.74) is 6.07. The zero-order valence-corrected chi connectivity index (χ0v) is 13.5. The standard InChI is InChI=1S/C14H26N4O.ClH/c1-10(2)8-13-16-14(19-17-13)9-18-7-5-4-6-12(18)11(3)15;/h10-12H,4-9,15H2,1-3H3;1H. The molecule has 0 saturated carbocycles. The van der Waals surface area contributed by atoms with E-state index in [0.29, 0.717) is 12.0 Å². The third-order valence-corrected chi connectivity index (χ3v) is 3.71. The Kier molecular flexibility index (Phi) is 6.92. The number of hydrogen-bond acceptors (Lipinski definition) is 5. The summed E-state index contributed by atoms with van der Waals surface area (Å²) in [6, 6.07) is 0.632. The lowest BCUT2D eigenvalue weighted by atomic mass is 9.97. The van der Waals surface area contributed by atoms with Crippen molar-refractivity contribution in [3.63, 3.8) is 0 Å². The van der Waals surface area contributed by atoms with Crippen LogP contribution in [0.4, 0.5) is 0 Å². The first-order chi connectivity index (χ1) is 9.06. The molecule has 2 N–H and O–H groups in total. The molecule has 116 valence electrons. The van der Waals surface area contributed by atoms with Crippen LogP contribution in [0.25, 0.3) is 0 Å². The Labute approximate surface area is 127 Å². The molecule has 1 fully saturated rings. The van der Waals surface area contributed by atoms with E-state index in [1.54, 1.807) is 0 Å². The lowest BCUT2D eigenvalue weighted by Crippen LogP contribution is -2.48. The Morgan fingerprint density at radius 3 is 2.75 bits per heavy atom. The van der Waals surface area contributed by atoms with Gasteiger partial charge in [-0.25, -0.2) is 0 Å². The Bertz CT molecular complexity index is 394. The summed E-state index contributed by atoms with van der Waals surface area (Å²) in [5.74, 6) is 2.10. The Balaban J connectivity index is 0.00000200. The van der Waals surface area contributed by atoms with E-state index in [0.717, 1.165) is 31.2 Å². The molecule has 0 amide bonds. The van der Waals surface area contributed by atoms with Crippen LogP contribution in [0.15, 0.2) is 4.52 Å². The molecule has 5 nitrogen and oxygen atoms in total. The minimum atomic E-state index is 0. The Hall–Kier alpha value is -0.650. The zero-order chi connectivity index (χ0) is 13.8. The molecule has 1 saturated heterocycles. The van der Waals surface area contributed by atoms with Crippen molar-refractivity contribution in [1.29, 1.82) is 0 Å². The summed E-state index contributed by atoms with van der Waals surface area (Å²) in [6.07, 6.45) is 4.55. The van der Waals surface area contributed by atoms with Gasteiger partial charge in [0.25, 0.3) is 0 Å². The van der Waals surface area contributed by atoms with Gasteiger partial charge in [-0.15, -0.1) is 12.4 Å². The zero-order valence-electron chi connectivity index (χ0n) is 12.7. The molecule has 20 heavy (non-hydrogen) atoms. The molecule has 1 aromatic rings. The van der Waals surface area contributed by atoms with Crippen LogP contribution in [0, 0.1) is 5.92 Å². The molecule has 2 heterocycles. The van der Waals surface area contributed by atoms with Crippen LogP contribution in [0.3, 0.4) is 0 Å². The lowest BCUT2D eigenvalue weighted by Gasteiger charge is -2.37. The number of rotatable bonds is 5. The fourth-order valence-electron chi connectivity index (χ4n) is 2.78. The van der Waals surface area contributed by atoms with Gasteiger partial charge in [-0.2, -0.15) is 4.98 Å². The summed E-state index contributed by atoms with van der Waals surface area (Å²) in [4.78, 5) is 6.87. The number of piperidine rings is 1. The molecule has 2 unspecified atom stereocenters. The Morgan fingerprint density at radius 2 is 2.10 bits per heavy atom. The van der Waals surface area contributed by atoms with Gasteiger partial charge in [0.1, 0.15) is 0 Å². The molecule has 2 rings (SSSR count). The number of halogens is 1. The molecule has 0 aliphatic carbocycles. The van der Waals surface area contributed by atoms with Gasteiger partial charge in [0.2, 0.25) is 5.89 Å². The summed E-state index contributed by atoms with van der Waals surface area (Å²) in [6.45, 7) is 8.21. The van der Waals surface area contributed by atoms with E-state index < -0.39 is 0 Å². The summed E-state index contributed by atoms with van der Waals surface area (Å²) < 4.78 is 5.35. The number of hydrogen-bond donors (Lipinski definition) is 1. The van der Waals surface area contributed by atoms with Crippen LogP contribution in [-0.4, -0.2) is 33.7 Å². The average Bonchev–Trinajstić information content (AvgIpc) is 2.76. The smallest absolute Gasteiger partial charge is 0.240 e. The molecule has 1 aromatic heterocycles. The summed E-state index contributed by atoms with van der Waals surface area (Å²) in [5, 5.41) is 4.05. The van der Waals surface area contributed by atoms with Crippen LogP contribution in [0.5, 0.6) is 0 Å². The first-order valence-corrected chi connectivity index (χ1v) is 7.37. The molecule has 0 spiro atoms. The minimum Gasteiger partial charge on any atom is -0.338 e. The molecular weight excluding hydrogens is 276 g/mol. The third-order valence-electron chi connectivity index (χ3n) is 3.71. The molecular formula is C14H27ClN4O. The number of nitrogens with two attached hydrogens (primary N) is 1. The lowest BCUT2D eigenvalue weighted by molar-refractivity contribution is 0.109. The predicted molar refractivity (Wildman–Crippen MR) is 81.8 cm³/mol. The summed E-state index contributed by atoms with van der Waals surface area (Å²) in [7, 11) is 0. The highest BCUT2D eigenvalue weighted by atomic mass is 35.5. The van der Waals surface area contributed by atoms with E-state index in [4.69, 9.17) is 10.3 Å². The fourth-order valence-corrected chi connectivity index (χ4v) is 2.78. The van der Waals surface area contributed by atoms with Gasteiger partial charge in [-0.3, -0.25) is 4.90 Å². The number of aromatic nitrogens is 2. The van der Waals surface area contributed by atoms with Crippen molar-refractivity contribution in [1.82, 2.24) is 15.0 Å². The van der Waals surface area contributed by atoms with Crippen molar-refractivity contribution in [2.75, 3.05) is 6.54 Å². The highest BCUT2D eigenvalue weighted by Gasteiger charge is 2.26. The van der Waals surface area contributed by atoms with Crippen LogP contribution in [0.2, 0.25) is 0 Å². The monoisotopic (exact) mass is 302 g/mol. The van der Waals surface area contributed by atoms with Crippen LogP contribution < -0.4 is 5.73 Å². The maximum Gasteiger partial charge on any atom is 0.240 e. The van der Waals surface area contributed by atoms with E-state index >= 15 is 0 Å². The van der Waals surface area contributed by atoms with Gasteiger partial charge in [-0.05, 0) is 32.2 Å². The van der Waals surface area contributed by atoms with Crippen molar-refractivity contribution in [3.05, 3.63) is 11.7 Å². The van der Waals surface area contributed by atoms with Crippen molar-refractivity contribution >= 4 is 12.4 Å². The normalized spacial score (nSPS) is 21.8. The molecule has 1 aliphatic rings. The van der Waals surface area contributed by atoms with E-state index in [2.05, 4.69) is 35.8 Å². The maximum atomic E-state index is 6.07. The van der Waals surface area contributed by atoms with Crippen LogP contribution >= 0.6 is 12.4 Å². The van der Waals surface area contributed by atoms with E-state index in [1.165, 1.54) is 19.3 Å². The minimum absolute atomic E-state index is 0. The van der Waals surface area contributed by atoms with Crippen LogP contribution in [-0.2, 0) is 13.0 Å². The second kappa shape index (κ2) is 7.96. The topological polar surface area (TPSA) is 68.2 Å². The third kappa shape index (κ3) is 4.72. The maximum absolute atomic E-state index is 6.07. The molecule has 0 aromatic carbocycles. The number of nitrogens with zero attached hydrogens (tertiary/aromatic N) is 3. The fraction of sp³-hybridized carbons (Fsp3) is 0.857. The first-order valence-electron chi connectivity index (χ1n) is 7.37. The molecule has 0 bridgehead atoms. The van der Waals surface area contributed by atoms with Crippen molar-refractivity contribution in [2.24, 2.45) is 11.7 Å². The van der Waals surface area contributed by atoms with E-state index in [-0.39, 0.29) is 18.4 Å². The van der Waals surface area contributed by atoms with Gasteiger partial charge < -0.3 is 10.3 Å². The molecule has 1 aliphatic heterocycles.